The minimum atomic E-state index is -2.60. The van der Waals surface area contributed by atoms with Gasteiger partial charge in [-0.05, 0) is 11.6 Å². The first-order valence-corrected chi connectivity index (χ1v) is 4.81. The highest BCUT2D eigenvalue weighted by Gasteiger charge is 2.14. The molecule has 3 nitrogen and oxygen atoms in total. The molecule has 0 fully saturated rings. The molecule has 0 saturated carbocycles. The molecule has 0 aliphatic rings. The van der Waals surface area contributed by atoms with Gasteiger partial charge in [0, 0.05) is 17.1 Å². The van der Waals surface area contributed by atoms with E-state index in [1.165, 1.54) is 6.07 Å². The van der Waals surface area contributed by atoms with Crippen LogP contribution in [0.5, 0.6) is 0 Å². The van der Waals surface area contributed by atoms with Crippen molar-refractivity contribution in [3.8, 4) is 0 Å². The normalized spacial score (nSPS) is 10.6. The van der Waals surface area contributed by atoms with Crippen LogP contribution < -0.4 is 5.73 Å². The molecule has 0 bridgehead atoms. The summed E-state index contributed by atoms with van der Waals surface area (Å²) in [7, 11) is 0. The minimum Gasteiger partial charge on any atom is -0.364 e. The van der Waals surface area contributed by atoms with E-state index in [-0.39, 0.29) is 16.6 Å². The van der Waals surface area contributed by atoms with Crippen LogP contribution in [-0.2, 0) is 5.33 Å². The third-order valence-corrected chi connectivity index (χ3v) is 2.26. The van der Waals surface area contributed by atoms with E-state index in [9.17, 15) is 13.6 Å². The highest BCUT2D eigenvalue weighted by molar-refractivity contribution is 9.08. The van der Waals surface area contributed by atoms with Gasteiger partial charge < -0.3 is 5.73 Å². The van der Waals surface area contributed by atoms with Crippen molar-refractivity contribution in [1.82, 2.24) is 4.98 Å². The van der Waals surface area contributed by atoms with Gasteiger partial charge in [0.05, 0.1) is 0 Å². The molecule has 0 aromatic carbocycles. The van der Waals surface area contributed by atoms with Crippen LogP contribution in [-0.4, -0.2) is 10.9 Å². The number of rotatable bonds is 3. The monoisotopic (exact) mass is 264 g/mol. The zero-order valence-corrected chi connectivity index (χ0v) is 8.59. The van der Waals surface area contributed by atoms with Crippen LogP contribution in [0.2, 0.25) is 0 Å². The summed E-state index contributed by atoms with van der Waals surface area (Å²) in [4.78, 5) is 14.2. The van der Waals surface area contributed by atoms with Crippen molar-refractivity contribution in [2.75, 3.05) is 0 Å². The van der Waals surface area contributed by atoms with Crippen molar-refractivity contribution in [2.24, 2.45) is 5.73 Å². The number of halogens is 3. The second-order valence-electron chi connectivity index (χ2n) is 2.57. The van der Waals surface area contributed by atoms with Gasteiger partial charge in [0.25, 0.3) is 12.3 Å². The molecular weight excluding hydrogens is 258 g/mol. The lowest BCUT2D eigenvalue weighted by atomic mass is 10.1. The van der Waals surface area contributed by atoms with Gasteiger partial charge in [0.15, 0.2) is 0 Å². The molecule has 14 heavy (non-hydrogen) atoms. The summed E-state index contributed by atoms with van der Waals surface area (Å²) in [5.74, 6) is -0.729. The average molecular weight is 265 g/mol. The van der Waals surface area contributed by atoms with Crippen LogP contribution in [0, 0.1) is 0 Å². The SMILES string of the molecule is NC(=O)c1cc(CBr)c(C(F)F)cn1. The Hall–Kier alpha value is -1.04. The number of primary amides is 1. The predicted molar refractivity (Wildman–Crippen MR) is 50.3 cm³/mol. The van der Waals surface area contributed by atoms with Gasteiger partial charge in [-0.1, -0.05) is 15.9 Å². The Kier molecular flexibility index (Phi) is 3.51. The van der Waals surface area contributed by atoms with E-state index < -0.39 is 12.3 Å². The number of amides is 1. The molecule has 1 rings (SSSR count). The number of nitrogens with zero attached hydrogens (tertiary/aromatic N) is 1. The van der Waals surface area contributed by atoms with E-state index in [1.807, 2.05) is 0 Å². The van der Waals surface area contributed by atoms with Crippen molar-refractivity contribution < 1.29 is 13.6 Å². The summed E-state index contributed by atoms with van der Waals surface area (Å²) in [6.07, 6.45) is -1.63. The second-order valence-corrected chi connectivity index (χ2v) is 3.13. The Morgan fingerprint density at radius 1 is 1.64 bits per heavy atom. The van der Waals surface area contributed by atoms with E-state index in [0.717, 1.165) is 6.20 Å². The molecule has 1 aromatic heterocycles. The van der Waals surface area contributed by atoms with Gasteiger partial charge in [0.2, 0.25) is 0 Å². The molecule has 0 spiro atoms. The van der Waals surface area contributed by atoms with Crippen LogP contribution in [0.3, 0.4) is 0 Å². The van der Waals surface area contributed by atoms with Gasteiger partial charge in [-0.15, -0.1) is 0 Å². The molecule has 0 radical (unpaired) electrons. The smallest absolute Gasteiger partial charge is 0.267 e. The van der Waals surface area contributed by atoms with Crippen molar-refractivity contribution >= 4 is 21.8 Å². The Balaban J connectivity index is 3.18. The Morgan fingerprint density at radius 3 is 2.71 bits per heavy atom. The molecule has 0 saturated heterocycles. The fourth-order valence-electron chi connectivity index (χ4n) is 0.955. The number of carbonyl (C=O) groups is 1. The maximum absolute atomic E-state index is 12.4. The van der Waals surface area contributed by atoms with Crippen LogP contribution in [0.4, 0.5) is 8.78 Å². The lowest BCUT2D eigenvalue weighted by Gasteiger charge is -2.06. The van der Waals surface area contributed by atoms with Gasteiger partial charge in [-0.25, -0.2) is 8.78 Å². The second kappa shape index (κ2) is 4.45. The van der Waals surface area contributed by atoms with Gasteiger partial charge in [-0.3, -0.25) is 9.78 Å². The third kappa shape index (κ3) is 2.25. The number of pyridine rings is 1. The summed E-state index contributed by atoms with van der Waals surface area (Å²) in [6.45, 7) is 0. The number of alkyl halides is 3. The van der Waals surface area contributed by atoms with Crippen molar-refractivity contribution in [3.63, 3.8) is 0 Å². The highest BCUT2D eigenvalue weighted by atomic mass is 79.9. The number of nitrogens with two attached hydrogens (primary N) is 1. The van der Waals surface area contributed by atoms with Gasteiger partial charge in [0.1, 0.15) is 5.69 Å². The highest BCUT2D eigenvalue weighted by Crippen LogP contribution is 2.24. The molecule has 1 heterocycles. The Labute approximate surface area is 87.4 Å². The lowest BCUT2D eigenvalue weighted by molar-refractivity contribution is 0.0994. The van der Waals surface area contributed by atoms with E-state index in [2.05, 4.69) is 20.9 Å². The van der Waals surface area contributed by atoms with Crippen LogP contribution in [0.25, 0.3) is 0 Å². The number of carbonyl (C=O) groups excluding carboxylic acids is 1. The predicted octanol–water partition coefficient (Wildman–Crippen LogP) is 2.01. The first-order chi connectivity index (χ1) is 6.56. The molecular formula is C8H7BrF2N2O. The van der Waals surface area contributed by atoms with Crippen molar-refractivity contribution in [2.45, 2.75) is 11.8 Å². The first kappa shape index (κ1) is 11.0. The summed E-state index contributed by atoms with van der Waals surface area (Å²) >= 11 is 3.05. The molecule has 6 heteroatoms. The summed E-state index contributed by atoms with van der Waals surface area (Å²) in [5.41, 5.74) is 5.08. The van der Waals surface area contributed by atoms with Gasteiger partial charge in [-0.2, -0.15) is 0 Å². The maximum Gasteiger partial charge on any atom is 0.267 e. The molecule has 0 aliphatic carbocycles. The number of hydrogen-bond donors (Lipinski definition) is 1. The standard InChI is InChI=1S/C8H7BrF2N2O/c9-2-4-1-6(8(12)14)13-3-5(4)7(10)11/h1,3,7H,2H2,(H2,12,14). The minimum absolute atomic E-state index is 0.0103. The topological polar surface area (TPSA) is 56.0 Å². The zero-order chi connectivity index (χ0) is 10.7. The van der Waals surface area contributed by atoms with E-state index >= 15 is 0 Å². The Bertz CT molecular complexity index is 357. The Morgan fingerprint density at radius 2 is 2.29 bits per heavy atom. The third-order valence-electron chi connectivity index (χ3n) is 1.66. The van der Waals surface area contributed by atoms with Crippen LogP contribution >= 0.6 is 15.9 Å². The van der Waals surface area contributed by atoms with E-state index in [1.54, 1.807) is 0 Å². The maximum atomic E-state index is 12.4. The summed E-state index contributed by atoms with van der Waals surface area (Å²) < 4.78 is 24.7. The molecule has 0 aliphatic heterocycles. The molecule has 0 unspecified atom stereocenters. The quantitative estimate of drug-likeness (QED) is 0.850. The number of hydrogen-bond acceptors (Lipinski definition) is 2. The van der Waals surface area contributed by atoms with Crippen molar-refractivity contribution in [3.05, 3.63) is 29.1 Å². The zero-order valence-electron chi connectivity index (χ0n) is 7.01. The van der Waals surface area contributed by atoms with E-state index in [0.29, 0.717) is 5.56 Å². The molecule has 2 N–H and O–H groups in total. The lowest BCUT2D eigenvalue weighted by Crippen LogP contribution is -2.14. The fourth-order valence-corrected chi connectivity index (χ4v) is 1.44. The molecule has 1 aromatic rings. The fraction of sp³-hybridized carbons (Fsp3) is 0.250. The summed E-state index contributed by atoms with van der Waals surface area (Å²) in [5, 5.41) is 0.232. The largest absolute Gasteiger partial charge is 0.364 e. The average Bonchev–Trinajstić information content (AvgIpc) is 2.16. The van der Waals surface area contributed by atoms with Crippen LogP contribution in [0.15, 0.2) is 12.3 Å². The first-order valence-electron chi connectivity index (χ1n) is 3.69. The van der Waals surface area contributed by atoms with Crippen LogP contribution in [0.1, 0.15) is 28.0 Å². The number of aromatic nitrogens is 1. The van der Waals surface area contributed by atoms with E-state index in [4.69, 9.17) is 5.73 Å². The molecule has 76 valence electrons. The molecule has 0 atom stereocenters. The van der Waals surface area contributed by atoms with Gasteiger partial charge >= 0.3 is 0 Å². The molecule has 1 amide bonds. The summed E-state index contributed by atoms with van der Waals surface area (Å²) in [6, 6.07) is 1.26. The van der Waals surface area contributed by atoms with Crippen molar-refractivity contribution in [1.29, 1.82) is 0 Å².